The van der Waals surface area contributed by atoms with Crippen LogP contribution in [0, 0.1) is 3.95 Å². The number of fused-ring (bicyclic) bond motifs is 1. The van der Waals surface area contributed by atoms with Crippen molar-refractivity contribution in [3.63, 3.8) is 0 Å². The molecule has 1 saturated heterocycles. The van der Waals surface area contributed by atoms with E-state index in [0.29, 0.717) is 14.3 Å². The van der Waals surface area contributed by atoms with Gasteiger partial charge in [0.15, 0.2) is 15.8 Å². The van der Waals surface area contributed by atoms with Crippen molar-refractivity contribution in [2.75, 3.05) is 12.3 Å². The maximum atomic E-state index is 10.1. The molecule has 8 nitrogen and oxygen atoms in total. The number of hydrogen-bond donors (Lipinski definition) is 4. The minimum Gasteiger partial charge on any atom is -0.394 e. The fourth-order valence-electron chi connectivity index (χ4n) is 2.17. The third-order valence-corrected chi connectivity index (χ3v) is 4.47. The van der Waals surface area contributed by atoms with E-state index in [9.17, 15) is 10.2 Å². The van der Waals surface area contributed by atoms with Crippen LogP contribution >= 0.6 is 23.6 Å². The van der Waals surface area contributed by atoms with Crippen molar-refractivity contribution in [3.05, 3.63) is 10.2 Å². The first-order chi connectivity index (χ1) is 9.52. The number of aliphatic hydroxyl groups is 3. The molecule has 0 unspecified atom stereocenters. The molecule has 0 spiro atoms. The predicted molar refractivity (Wildman–Crippen MR) is 73.7 cm³/mol. The lowest BCUT2D eigenvalue weighted by atomic mass is 10.1. The summed E-state index contributed by atoms with van der Waals surface area (Å²) in [6, 6.07) is 0. The summed E-state index contributed by atoms with van der Waals surface area (Å²) in [7, 11) is 0. The van der Waals surface area contributed by atoms with Gasteiger partial charge in [-0.3, -0.25) is 4.57 Å². The first-order valence-corrected chi connectivity index (χ1v) is 7.01. The second kappa shape index (κ2) is 4.98. The number of nitrogens with zero attached hydrogens (tertiary/aromatic N) is 3. The number of hydrogen-bond acceptors (Lipinski definition) is 9. The monoisotopic (exact) mass is 316 g/mol. The molecular formula is C10H12N4O4S2. The van der Waals surface area contributed by atoms with Crippen LogP contribution in [0.5, 0.6) is 0 Å². The minimum atomic E-state index is -1.21. The highest BCUT2D eigenvalue weighted by molar-refractivity contribution is 7.73. The summed E-state index contributed by atoms with van der Waals surface area (Å²) in [5.74, 6) is 0.0748. The lowest BCUT2D eigenvalue weighted by Crippen LogP contribution is -2.33. The maximum Gasteiger partial charge on any atom is 0.222 e. The molecule has 1 aliphatic rings. The summed E-state index contributed by atoms with van der Waals surface area (Å²) in [4.78, 5) is 7.97. The Hall–Kier alpha value is -1.17. The van der Waals surface area contributed by atoms with Gasteiger partial charge in [0.2, 0.25) is 5.95 Å². The Balaban J connectivity index is 2.13. The van der Waals surface area contributed by atoms with E-state index in [1.54, 1.807) is 0 Å². The van der Waals surface area contributed by atoms with E-state index in [1.165, 1.54) is 22.1 Å². The molecule has 0 bridgehead atoms. The predicted octanol–water partition coefficient (Wildman–Crippen LogP) is -0.584. The molecule has 1 aliphatic heterocycles. The van der Waals surface area contributed by atoms with Crippen molar-refractivity contribution in [3.8, 4) is 0 Å². The Labute approximate surface area is 122 Å². The van der Waals surface area contributed by atoms with E-state index in [2.05, 4.69) is 9.97 Å². The first-order valence-electron chi connectivity index (χ1n) is 5.79. The van der Waals surface area contributed by atoms with Crippen LogP contribution in [0.15, 0.2) is 6.20 Å². The van der Waals surface area contributed by atoms with Gasteiger partial charge in [-0.2, -0.15) is 4.98 Å². The molecule has 10 heteroatoms. The summed E-state index contributed by atoms with van der Waals surface area (Å²) >= 11 is 6.49. The average Bonchev–Trinajstić information content (AvgIpc) is 2.88. The van der Waals surface area contributed by atoms with E-state index < -0.39 is 31.1 Å². The molecule has 0 amide bonds. The number of aromatic nitrogens is 3. The van der Waals surface area contributed by atoms with Gasteiger partial charge in [0, 0.05) is 0 Å². The van der Waals surface area contributed by atoms with Gasteiger partial charge in [0.05, 0.1) is 17.5 Å². The van der Waals surface area contributed by atoms with Crippen LogP contribution in [0.4, 0.5) is 5.95 Å². The molecule has 0 aliphatic carbocycles. The zero-order valence-electron chi connectivity index (χ0n) is 10.1. The van der Waals surface area contributed by atoms with Gasteiger partial charge in [-0.15, -0.1) is 11.3 Å². The normalized spacial score (nSPS) is 30.1. The molecule has 1 fully saturated rings. The van der Waals surface area contributed by atoms with E-state index in [-0.39, 0.29) is 5.95 Å². The van der Waals surface area contributed by atoms with Gasteiger partial charge in [0.1, 0.15) is 18.3 Å². The van der Waals surface area contributed by atoms with Gasteiger partial charge < -0.3 is 25.8 Å². The van der Waals surface area contributed by atoms with Crippen molar-refractivity contribution in [2.45, 2.75) is 24.5 Å². The molecule has 2 aromatic heterocycles. The lowest BCUT2D eigenvalue weighted by Gasteiger charge is -2.16. The highest BCUT2D eigenvalue weighted by Gasteiger charge is 2.44. The number of nitrogen functional groups attached to an aromatic ring is 1. The average molecular weight is 316 g/mol. The van der Waals surface area contributed by atoms with Gasteiger partial charge in [-0.25, -0.2) is 4.98 Å². The van der Waals surface area contributed by atoms with Crippen LogP contribution in [0.3, 0.4) is 0 Å². The number of anilines is 1. The van der Waals surface area contributed by atoms with E-state index in [0.717, 1.165) is 0 Å². The standard InChI is InChI=1S/C10H12N4O4S2/c11-9-12-1-4-7(13-9)14(10(19)20-4)8-6(17)5(16)3(2-15)18-8/h1,3,5-6,8,15-17H,2H2,(H2,11,12,13)/t3-,5-,6-,8-/m1/s1. The number of rotatable bonds is 2. The molecule has 20 heavy (non-hydrogen) atoms. The van der Waals surface area contributed by atoms with Gasteiger partial charge >= 0.3 is 0 Å². The van der Waals surface area contributed by atoms with Gasteiger partial charge in [-0.05, 0) is 12.2 Å². The summed E-state index contributed by atoms with van der Waals surface area (Å²) in [5, 5.41) is 29.0. The smallest absolute Gasteiger partial charge is 0.222 e. The Morgan fingerprint density at radius 3 is 2.85 bits per heavy atom. The summed E-state index contributed by atoms with van der Waals surface area (Å²) in [6.45, 7) is -0.402. The second-order valence-corrected chi connectivity index (χ2v) is 6.06. The quantitative estimate of drug-likeness (QED) is 0.542. The Morgan fingerprint density at radius 2 is 2.20 bits per heavy atom. The highest BCUT2D eigenvalue weighted by Crippen LogP contribution is 2.34. The molecule has 108 valence electrons. The first kappa shape index (κ1) is 13.8. The summed E-state index contributed by atoms with van der Waals surface area (Å²) in [5.41, 5.74) is 5.99. The Bertz CT molecular complexity index is 702. The van der Waals surface area contributed by atoms with Crippen LogP contribution in [0.25, 0.3) is 10.3 Å². The lowest BCUT2D eigenvalue weighted by molar-refractivity contribution is -0.0511. The Kier molecular flexibility index (Phi) is 3.44. The fraction of sp³-hybridized carbons (Fsp3) is 0.500. The SMILES string of the molecule is Nc1ncc2sc(=S)n([C@@H]3O[C@H](CO)[C@@H](O)[C@H]3O)c2n1. The zero-order valence-corrected chi connectivity index (χ0v) is 11.7. The van der Waals surface area contributed by atoms with Crippen molar-refractivity contribution in [1.82, 2.24) is 14.5 Å². The maximum absolute atomic E-state index is 10.1. The summed E-state index contributed by atoms with van der Waals surface area (Å²) < 4.78 is 8.05. The van der Waals surface area contributed by atoms with Crippen molar-refractivity contribution in [1.29, 1.82) is 0 Å². The molecule has 0 radical (unpaired) electrons. The van der Waals surface area contributed by atoms with E-state index >= 15 is 0 Å². The third-order valence-electron chi connectivity index (χ3n) is 3.15. The van der Waals surface area contributed by atoms with Crippen LogP contribution in [0.1, 0.15) is 6.23 Å². The third kappa shape index (κ3) is 2.01. The van der Waals surface area contributed by atoms with Gasteiger partial charge in [-0.1, -0.05) is 0 Å². The topological polar surface area (TPSA) is 127 Å². The van der Waals surface area contributed by atoms with E-state index in [1.807, 2.05) is 0 Å². The zero-order chi connectivity index (χ0) is 14.4. The number of nitrogens with two attached hydrogens (primary N) is 1. The fourth-order valence-corrected chi connectivity index (χ4v) is 3.44. The highest BCUT2D eigenvalue weighted by atomic mass is 32.1. The molecule has 5 N–H and O–H groups in total. The minimum absolute atomic E-state index is 0.0748. The van der Waals surface area contributed by atoms with Gasteiger partial charge in [0.25, 0.3) is 0 Å². The van der Waals surface area contributed by atoms with Crippen LogP contribution in [-0.2, 0) is 4.74 Å². The van der Waals surface area contributed by atoms with Crippen LogP contribution < -0.4 is 5.73 Å². The van der Waals surface area contributed by atoms with Crippen molar-refractivity contribution in [2.24, 2.45) is 0 Å². The number of aliphatic hydroxyl groups excluding tert-OH is 3. The molecule has 0 aromatic carbocycles. The molecule has 4 atom stereocenters. The molecule has 2 aromatic rings. The molecule has 3 heterocycles. The van der Waals surface area contributed by atoms with Crippen LogP contribution in [0.2, 0.25) is 0 Å². The summed E-state index contributed by atoms with van der Waals surface area (Å²) in [6.07, 6.45) is -2.66. The van der Waals surface area contributed by atoms with E-state index in [4.69, 9.17) is 27.8 Å². The molecular weight excluding hydrogens is 304 g/mol. The van der Waals surface area contributed by atoms with Crippen molar-refractivity contribution >= 4 is 39.9 Å². The second-order valence-electron chi connectivity index (χ2n) is 4.38. The number of thiazole rings is 1. The van der Waals surface area contributed by atoms with Crippen molar-refractivity contribution < 1.29 is 20.1 Å². The Morgan fingerprint density at radius 1 is 1.45 bits per heavy atom. The van der Waals surface area contributed by atoms with Crippen LogP contribution in [-0.4, -0.2) is 54.8 Å². The largest absolute Gasteiger partial charge is 0.394 e. The molecule has 0 saturated carbocycles. The number of ether oxygens (including phenoxy) is 1. The molecule has 3 rings (SSSR count).